The molecule has 2 N–H and O–H groups in total. The monoisotopic (exact) mass is 414 g/mol. The number of hydrogen-bond acceptors (Lipinski definition) is 5. The molecule has 7 heteroatoms. The molecule has 7 nitrogen and oxygen atoms in total. The van der Waals surface area contributed by atoms with E-state index in [9.17, 15) is 9.59 Å². The normalized spacial score (nSPS) is 10.6. The van der Waals surface area contributed by atoms with E-state index in [1.807, 2.05) is 36.3 Å². The van der Waals surface area contributed by atoms with Gasteiger partial charge in [-0.1, -0.05) is 47.3 Å². The van der Waals surface area contributed by atoms with Crippen LogP contribution in [-0.2, 0) is 9.53 Å². The van der Waals surface area contributed by atoms with Crippen molar-refractivity contribution in [2.24, 2.45) is 0 Å². The molecule has 31 heavy (non-hydrogen) atoms. The number of benzene rings is 2. The zero-order valence-corrected chi connectivity index (χ0v) is 16.8. The van der Waals surface area contributed by atoms with Crippen molar-refractivity contribution in [3.05, 3.63) is 82.7 Å². The fraction of sp³-hybridized carbons (Fsp3) is 0.125. The van der Waals surface area contributed by atoms with Crippen molar-refractivity contribution in [3.8, 4) is 23.7 Å². The summed E-state index contributed by atoms with van der Waals surface area (Å²) in [6.07, 6.45) is -1.08. The van der Waals surface area contributed by atoms with Crippen LogP contribution >= 0.6 is 0 Å². The highest BCUT2D eigenvalue weighted by atomic mass is 16.6. The Morgan fingerprint density at radius 2 is 1.68 bits per heavy atom. The van der Waals surface area contributed by atoms with Gasteiger partial charge < -0.3 is 14.4 Å². The lowest BCUT2D eigenvalue weighted by Crippen LogP contribution is -2.16. The molecule has 0 aliphatic carbocycles. The van der Waals surface area contributed by atoms with Crippen LogP contribution in [0.15, 0.2) is 59.1 Å². The Morgan fingerprint density at radius 3 is 2.32 bits per heavy atom. The van der Waals surface area contributed by atoms with E-state index in [0.29, 0.717) is 22.5 Å². The largest absolute Gasteiger partial charge is 0.472 e. The lowest BCUT2D eigenvalue weighted by molar-refractivity contribution is -0.130. The highest BCUT2D eigenvalue weighted by molar-refractivity contribution is 5.87. The molecule has 1 atom stereocenters. The van der Waals surface area contributed by atoms with Gasteiger partial charge in [0.25, 0.3) is 0 Å². The second-order valence-corrected chi connectivity index (χ2v) is 6.44. The minimum absolute atomic E-state index is 0.191. The Labute approximate surface area is 179 Å². The standard InChI is InChI=1S/C24H18N2O5/c1-16-23(25-24(29)30-17(2)20-6-4-3-5-7-20)21(31-26-16)14-12-18-8-10-19(11-9-18)13-15-22(27)28/h3-11,17H,1-2H3,(H,25,29)(H,27,28). The molecular formula is C24H18N2O5. The predicted molar refractivity (Wildman–Crippen MR) is 113 cm³/mol. The minimum atomic E-state index is -1.19. The third-order valence-corrected chi connectivity index (χ3v) is 4.16. The number of amides is 1. The molecule has 1 aromatic heterocycles. The van der Waals surface area contributed by atoms with Gasteiger partial charge in [0.15, 0.2) is 0 Å². The van der Waals surface area contributed by atoms with Crippen LogP contribution < -0.4 is 5.32 Å². The van der Waals surface area contributed by atoms with E-state index in [2.05, 4.69) is 28.2 Å². The fourth-order valence-corrected chi connectivity index (χ4v) is 2.58. The van der Waals surface area contributed by atoms with Crippen LogP contribution in [0.3, 0.4) is 0 Å². The molecule has 3 rings (SSSR count). The first-order valence-electron chi connectivity index (χ1n) is 9.28. The number of aryl methyl sites for hydroxylation is 1. The summed E-state index contributed by atoms with van der Waals surface area (Å²) in [5, 5.41) is 15.1. The summed E-state index contributed by atoms with van der Waals surface area (Å²) in [7, 11) is 0. The molecule has 1 heterocycles. The molecular weight excluding hydrogens is 396 g/mol. The Hall–Kier alpha value is -4.49. The smallest absolute Gasteiger partial charge is 0.412 e. The van der Waals surface area contributed by atoms with Crippen molar-refractivity contribution in [1.82, 2.24) is 5.16 Å². The summed E-state index contributed by atoms with van der Waals surface area (Å²) < 4.78 is 10.6. The molecule has 3 aromatic rings. The topological polar surface area (TPSA) is 102 Å². The molecule has 154 valence electrons. The summed E-state index contributed by atoms with van der Waals surface area (Å²) in [6, 6.07) is 16.1. The fourth-order valence-electron chi connectivity index (χ4n) is 2.58. The van der Waals surface area contributed by atoms with Gasteiger partial charge in [0.05, 0.1) is 0 Å². The van der Waals surface area contributed by atoms with Crippen LogP contribution in [0.25, 0.3) is 0 Å². The van der Waals surface area contributed by atoms with Crippen LogP contribution in [0.2, 0.25) is 0 Å². The van der Waals surface area contributed by atoms with E-state index in [4.69, 9.17) is 14.4 Å². The Bertz CT molecular complexity index is 1210. The number of ether oxygens (including phenoxy) is 1. The first-order chi connectivity index (χ1) is 14.9. The molecule has 0 bridgehead atoms. The number of hydrogen-bond donors (Lipinski definition) is 2. The van der Waals surface area contributed by atoms with Crippen molar-refractivity contribution in [2.45, 2.75) is 20.0 Å². The quantitative estimate of drug-likeness (QED) is 0.625. The van der Waals surface area contributed by atoms with Crippen LogP contribution in [0.5, 0.6) is 0 Å². The maximum atomic E-state index is 12.3. The van der Waals surface area contributed by atoms with E-state index in [1.54, 1.807) is 38.1 Å². The molecule has 0 saturated heterocycles. The van der Waals surface area contributed by atoms with Gasteiger partial charge in [-0.05, 0) is 49.6 Å². The van der Waals surface area contributed by atoms with Crippen molar-refractivity contribution >= 4 is 17.7 Å². The maximum Gasteiger partial charge on any atom is 0.412 e. The number of rotatable bonds is 3. The minimum Gasteiger partial charge on any atom is -0.472 e. The van der Waals surface area contributed by atoms with Crippen molar-refractivity contribution in [1.29, 1.82) is 0 Å². The van der Waals surface area contributed by atoms with Crippen LogP contribution in [0.1, 0.15) is 41.2 Å². The van der Waals surface area contributed by atoms with Crippen LogP contribution in [0, 0.1) is 30.6 Å². The predicted octanol–water partition coefficient (Wildman–Crippen LogP) is 4.13. The van der Waals surface area contributed by atoms with Crippen molar-refractivity contribution in [3.63, 3.8) is 0 Å². The Balaban J connectivity index is 1.70. The van der Waals surface area contributed by atoms with Crippen molar-refractivity contribution in [2.75, 3.05) is 5.32 Å². The Morgan fingerprint density at radius 1 is 1.03 bits per heavy atom. The van der Waals surface area contributed by atoms with Gasteiger partial charge in [-0.3, -0.25) is 5.32 Å². The zero-order chi connectivity index (χ0) is 22.2. The third-order valence-electron chi connectivity index (χ3n) is 4.16. The molecule has 2 aromatic carbocycles. The maximum absolute atomic E-state index is 12.3. The van der Waals surface area contributed by atoms with Crippen molar-refractivity contribution < 1.29 is 24.0 Å². The molecule has 0 fully saturated rings. The summed E-state index contributed by atoms with van der Waals surface area (Å²) in [6.45, 7) is 3.46. The first kappa shape index (κ1) is 21.2. The first-order valence-corrected chi connectivity index (χ1v) is 9.28. The Kier molecular flexibility index (Phi) is 6.72. The molecule has 1 amide bonds. The molecule has 1 unspecified atom stereocenters. The van der Waals surface area contributed by atoms with E-state index >= 15 is 0 Å². The van der Waals surface area contributed by atoms with E-state index in [-0.39, 0.29) is 5.76 Å². The van der Waals surface area contributed by atoms with Gasteiger partial charge in [-0.15, -0.1) is 0 Å². The number of aliphatic carboxylic acids is 1. The van der Waals surface area contributed by atoms with Gasteiger partial charge >= 0.3 is 12.1 Å². The molecule has 0 spiro atoms. The zero-order valence-electron chi connectivity index (χ0n) is 16.8. The number of anilines is 1. The lowest BCUT2D eigenvalue weighted by Gasteiger charge is -2.13. The van der Waals surface area contributed by atoms with Crippen LogP contribution in [-0.4, -0.2) is 22.3 Å². The van der Waals surface area contributed by atoms with Gasteiger partial charge in [-0.2, -0.15) is 0 Å². The summed E-state index contributed by atoms with van der Waals surface area (Å²) in [5.74, 6) is 9.30. The summed E-state index contributed by atoms with van der Waals surface area (Å²) in [4.78, 5) is 22.8. The van der Waals surface area contributed by atoms with Gasteiger partial charge in [0.1, 0.15) is 17.5 Å². The number of carbonyl (C=O) groups excluding carboxylic acids is 1. The average Bonchev–Trinajstić information content (AvgIpc) is 3.11. The number of carboxylic acid groups (broad SMARTS) is 1. The summed E-state index contributed by atoms with van der Waals surface area (Å²) >= 11 is 0. The highest BCUT2D eigenvalue weighted by Crippen LogP contribution is 2.22. The van der Waals surface area contributed by atoms with Crippen LogP contribution in [0.4, 0.5) is 10.5 Å². The number of carbonyl (C=O) groups is 2. The lowest BCUT2D eigenvalue weighted by atomic mass is 10.1. The van der Waals surface area contributed by atoms with E-state index in [0.717, 1.165) is 5.56 Å². The summed E-state index contributed by atoms with van der Waals surface area (Å²) in [5.41, 5.74) is 2.88. The SMILES string of the molecule is Cc1noc(C#Cc2ccc(C#CC(=O)O)cc2)c1NC(=O)OC(C)c1ccccc1. The highest BCUT2D eigenvalue weighted by Gasteiger charge is 2.17. The number of nitrogens with one attached hydrogen (secondary N) is 1. The molecule has 0 radical (unpaired) electrons. The average molecular weight is 414 g/mol. The third kappa shape index (κ3) is 5.99. The van der Waals surface area contributed by atoms with E-state index in [1.165, 1.54) is 0 Å². The van der Waals surface area contributed by atoms with Gasteiger partial charge in [0, 0.05) is 17.0 Å². The van der Waals surface area contributed by atoms with Gasteiger partial charge in [0.2, 0.25) is 5.76 Å². The van der Waals surface area contributed by atoms with E-state index < -0.39 is 18.2 Å². The second kappa shape index (κ2) is 9.82. The number of nitrogens with zero attached hydrogens (tertiary/aromatic N) is 1. The number of carboxylic acids is 1. The molecule has 0 aliphatic heterocycles. The number of aromatic nitrogens is 1. The van der Waals surface area contributed by atoms with Gasteiger partial charge in [-0.25, -0.2) is 9.59 Å². The molecule has 0 saturated carbocycles. The second-order valence-electron chi connectivity index (χ2n) is 6.44. The molecule has 0 aliphatic rings.